The third kappa shape index (κ3) is 3.12. The quantitative estimate of drug-likeness (QED) is 0.925. The molecule has 1 aromatic rings. The van der Waals surface area contributed by atoms with E-state index in [2.05, 4.69) is 4.72 Å². The van der Waals surface area contributed by atoms with Crippen LogP contribution in [0.2, 0.25) is 0 Å². The van der Waals surface area contributed by atoms with Crippen LogP contribution in [0.3, 0.4) is 0 Å². The summed E-state index contributed by atoms with van der Waals surface area (Å²) in [5.41, 5.74) is 0. The summed E-state index contributed by atoms with van der Waals surface area (Å²) in [7, 11) is -3.37. The van der Waals surface area contributed by atoms with E-state index in [0.29, 0.717) is 6.54 Å². The Hall–Kier alpha value is -0.430. The SMILES string of the molecule is C[C@@H]1CCCCN1S(=O)(=O)N[C@H](C)c1cccs1. The standard InChI is InChI=1S/C12H20N2O2S2/c1-10-6-3-4-8-14(10)18(15,16)13-11(2)12-7-5-9-17-12/h5,7,9-11,13H,3-4,6,8H2,1-2H3/t10-,11-/m1/s1. The van der Waals surface area contributed by atoms with Crippen LogP contribution >= 0.6 is 11.3 Å². The second-order valence-corrected chi connectivity index (χ2v) is 7.45. The van der Waals surface area contributed by atoms with E-state index in [1.54, 1.807) is 15.6 Å². The molecular formula is C12H20N2O2S2. The van der Waals surface area contributed by atoms with Gasteiger partial charge in [-0.2, -0.15) is 17.4 Å². The molecule has 1 aliphatic heterocycles. The van der Waals surface area contributed by atoms with E-state index in [1.165, 1.54) is 0 Å². The van der Waals surface area contributed by atoms with Crippen molar-refractivity contribution < 1.29 is 8.42 Å². The Balaban J connectivity index is 2.07. The van der Waals surface area contributed by atoms with Gasteiger partial charge in [-0.15, -0.1) is 11.3 Å². The number of nitrogens with zero attached hydrogens (tertiary/aromatic N) is 1. The summed E-state index contributed by atoms with van der Waals surface area (Å²) in [5, 5.41) is 1.96. The number of piperidine rings is 1. The van der Waals surface area contributed by atoms with E-state index < -0.39 is 10.2 Å². The number of thiophene rings is 1. The van der Waals surface area contributed by atoms with Crippen LogP contribution in [0.1, 0.15) is 44.0 Å². The van der Waals surface area contributed by atoms with Crippen molar-refractivity contribution in [2.24, 2.45) is 0 Å². The molecule has 1 fully saturated rings. The zero-order valence-electron chi connectivity index (χ0n) is 10.8. The first kappa shape index (κ1) is 14.0. The molecule has 102 valence electrons. The van der Waals surface area contributed by atoms with Crippen LogP contribution in [0, 0.1) is 0 Å². The zero-order chi connectivity index (χ0) is 13.2. The van der Waals surface area contributed by atoms with E-state index in [9.17, 15) is 8.42 Å². The van der Waals surface area contributed by atoms with Crippen LogP contribution in [0.5, 0.6) is 0 Å². The average molecular weight is 288 g/mol. The van der Waals surface area contributed by atoms with E-state index in [-0.39, 0.29) is 12.1 Å². The molecule has 0 unspecified atom stereocenters. The molecule has 1 aliphatic rings. The molecule has 0 bridgehead atoms. The van der Waals surface area contributed by atoms with E-state index in [4.69, 9.17) is 0 Å². The number of nitrogens with one attached hydrogen (secondary N) is 1. The second-order valence-electron chi connectivity index (χ2n) is 4.82. The fourth-order valence-electron chi connectivity index (χ4n) is 2.32. The lowest BCUT2D eigenvalue weighted by molar-refractivity contribution is 0.264. The molecule has 0 radical (unpaired) electrons. The van der Waals surface area contributed by atoms with Crippen molar-refractivity contribution in [1.82, 2.24) is 9.03 Å². The minimum atomic E-state index is -3.37. The van der Waals surface area contributed by atoms with Gasteiger partial charge in [-0.1, -0.05) is 12.5 Å². The Kier molecular flexibility index (Phi) is 4.42. The highest BCUT2D eigenvalue weighted by atomic mass is 32.2. The van der Waals surface area contributed by atoms with Gasteiger partial charge in [0, 0.05) is 17.5 Å². The average Bonchev–Trinajstić information content (AvgIpc) is 2.82. The smallest absolute Gasteiger partial charge is 0.195 e. The molecule has 18 heavy (non-hydrogen) atoms. The first-order valence-electron chi connectivity index (χ1n) is 6.33. The Morgan fingerprint density at radius 2 is 2.28 bits per heavy atom. The fraction of sp³-hybridized carbons (Fsp3) is 0.667. The Morgan fingerprint density at radius 1 is 1.50 bits per heavy atom. The van der Waals surface area contributed by atoms with Crippen molar-refractivity contribution in [3.8, 4) is 0 Å². The Bertz CT molecular complexity index is 470. The third-order valence-electron chi connectivity index (χ3n) is 3.35. The largest absolute Gasteiger partial charge is 0.280 e. The van der Waals surface area contributed by atoms with Gasteiger partial charge >= 0.3 is 0 Å². The molecule has 0 amide bonds. The van der Waals surface area contributed by atoms with Gasteiger partial charge in [0.05, 0.1) is 6.04 Å². The molecule has 1 N–H and O–H groups in total. The summed E-state index contributed by atoms with van der Waals surface area (Å²) in [5.74, 6) is 0. The monoisotopic (exact) mass is 288 g/mol. The van der Waals surface area contributed by atoms with Gasteiger partial charge in [-0.25, -0.2) is 0 Å². The van der Waals surface area contributed by atoms with Crippen molar-refractivity contribution in [2.45, 2.75) is 45.2 Å². The maximum Gasteiger partial charge on any atom is 0.280 e. The molecular weight excluding hydrogens is 268 g/mol. The topological polar surface area (TPSA) is 49.4 Å². The normalized spacial score (nSPS) is 24.0. The van der Waals surface area contributed by atoms with E-state index in [1.807, 2.05) is 31.4 Å². The first-order chi connectivity index (χ1) is 8.50. The third-order valence-corrected chi connectivity index (χ3v) is 6.21. The molecule has 0 saturated carbocycles. The molecule has 1 aromatic heterocycles. The predicted octanol–water partition coefficient (Wildman–Crippen LogP) is 2.52. The number of hydrogen-bond donors (Lipinski definition) is 1. The molecule has 6 heteroatoms. The van der Waals surface area contributed by atoms with Crippen LogP contribution in [0.4, 0.5) is 0 Å². The summed E-state index contributed by atoms with van der Waals surface area (Å²) in [6.07, 6.45) is 3.03. The van der Waals surface area contributed by atoms with Gasteiger partial charge in [0.1, 0.15) is 0 Å². The Morgan fingerprint density at radius 3 is 2.89 bits per heavy atom. The van der Waals surface area contributed by atoms with Crippen molar-refractivity contribution in [3.05, 3.63) is 22.4 Å². The predicted molar refractivity (Wildman–Crippen MR) is 74.8 cm³/mol. The molecule has 2 rings (SSSR count). The highest BCUT2D eigenvalue weighted by Gasteiger charge is 2.30. The minimum absolute atomic E-state index is 0.104. The van der Waals surface area contributed by atoms with Crippen molar-refractivity contribution in [3.63, 3.8) is 0 Å². The van der Waals surface area contributed by atoms with Crippen molar-refractivity contribution >= 4 is 21.5 Å². The van der Waals surface area contributed by atoms with Crippen LogP contribution in [0.15, 0.2) is 17.5 Å². The molecule has 2 heterocycles. The van der Waals surface area contributed by atoms with Crippen LogP contribution in [-0.4, -0.2) is 25.3 Å². The fourth-order valence-corrected chi connectivity index (χ4v) is 4.78. The van der Waals surface area contributed by atoms with E-state index in [0.717, 1.165) is 24.1 Å². The molecule has 0 spiro atoms. The minimum Gasteiger partial charge on any atom is -0.195 e. The van der Waals surface area contributed by atoms with Gasteiger partial charge in [-0.05, 0) is 38.1 Å². The van der Waals surface area contributed by atoms with Gasteiger partial charge in [0.25, 0.3) is 10.2 Å². The molecule has 4 nitrogen and oxygen atoms in total. The molecule has 1 saturated heterocycles. The number of hydrogen-bond acceptors (Lipinski definition) is 3. The summed E-state index contributed by atoms with van der Waals surface area (Å²) < 4.78 is 29.0. The van der Waals surface area contributed by atoms with Crippen LogP contribution in [0.25, 0.3) is 0 Å². The second kappa shape index (κ2) is 5.69. The lowest BCUT2D eigenvalue weighted by Crippen LogP contribution is -2.48. The maximum absolute atomic E-state index is 12.3. The highest BCUT2D eigenvalue weighted by Crippen LogP contribution is 2.23. The van der Waals surface area contributed by atoms with Crippen molar-refractivity contribution in [2.75, 3.05) is 6.54 Å². The lowest BCUT2D eigenvalue weighted by Gasteiger charge is -2.33. The van der Waals surface area contributed by atoms with Crippen molar-refractivity contribution in [1.29, 1.82) is 0 Å². The lowest BCUT2D eigenvalue weighted by atomic mass is 10.1. The summed E-state index contributed by atoms with van der Waals surface area (Å²) >= 11 is 1.57. The first-order valence-corrected chi connectivity index (χ1v) is 8.65. The Labute approximate surface area is 113 Å². The molecule has 2 atom stereocenters. The van der Waals surface area contributed by atoms with Crippen LogP contribution in [-0.2, 0) is 10.2 Å². The molecule has 0 aromatic carbocycles. The van der Waals surface area contributed by atoms with Gasteiger partial charge in [0.15, 0.2) is 0 Å². The zero-order valence-corrected chi connectivity index (χ0v) is 12.4. The van der Waals surface area contributed by atoms with Crippen LogP contribution < -0.4 is 4.72 Å². The molecule has 0 aliphatic carbocycles. The summed E-state index contributed by atoms with van der Waals surface area (Å²) in [4.78, 5) is 1.04. The van der Waals surface area contributed by atoms with Gasteiger partial charge in [-0.3, -0.25) is 0 Å². The van der Waals surface area contributed by atoms with E-state index >= 15 is 0 Å². The summed E-state index contributed by atoms with van der Waals surface area (Å²) in [6.45, 7) is 4.50. The maximum atomic E-state index is 12.3. The summed E-state index contributed by atoms with van der Waals surface area (Å²) in [6, 6.07) is 3.84. The van der Waals surface area contributed by atoms with Gasteiger partial charge in [0.2, 0.25) is 0 Å². The van der Waals surface area contributed by atoms with Gasteiger partial charge < -0.3 is 0 Å². The highest BCUT2D eigenvalue weighted by molar-refractivity contribution is 7.87. The number of rotatable bonds is 4.